The third kappa shape index (κ3) is 3.01. The second-order valence-electron chi connectivity index (χ2n) is 9.10. The number of nitrogens with zero attached hydrogens (tertiary/aromatic N) is 3. The molecule has 4 heterocycles. The number of nitrogen functional groups attached to an aromatic ring is 1. The second kappa shape index (κ2) is 7.29. The number of hydrogen-bond donors (Lipinski definition) is 3. The van der Waals surface area contributed by atoms with Crippen LogP contribution in [0.2, 0.25) is 0 Å². The molecule has 32 heavy (non-hydrogen) atoms. The lowest BCUT2D eigenvalue weighted by Gasteiger charge is -2.36. The summed E-state index contributed by atoms with van der Waals surface area (Å²) in [6.07, 6.45) is 4.66. The fraction of sp³-hybridized carbons (Fsp3) is 0.435. The fourth-order valence-electron chi connectivity index (χ4n) is 5.77. The number of fused-ring (bicyclic) bond motifs is 4. The molecule has 0 saturated carbocycles. The van der Waals surface area contributed by atoms with Crippen molar-refractivity contribution in [3.8, 4) is 6.07 Å². The number of rotatable bonds is 2. The number of H-pyrrole nitrogens is 1. The van der Waals surface area contributed by atoms with Crippen LogP contribution in [0.4, 0.5) is 15.2 Å². The van der Waals surface area contributed by atoms with Crippen LogP contribution in [0.1, 0.15) is 47.6 Å². The zero-order valence-corrected chi connectivity index (χ0v) is 18.3. The van der Waals surface area contributed by atoms with E-state index in [0.717, 1.165) is 53.3 Å². The smallest absolute Gasteiger partial charge is 0.347 e. The van der Waals surface area contributed by atoms with Crippen LogP contribution in [0.5, 0.6) is 0 Å². The van der Waals surface area contributed by atoms with Crippen molar-refractivity contribution in [2.24, 2.45) is 0 Å². The monoisotopic (exact) mass is 450 g/mol. The first-order valence-electron chi connectivity index (χ1n) is 11.1. The molecule has 0 amide bonds. The molecule has 9 heteroatoms. The first-order valence-corrected chi connectivity index (χ1v) is 11.9. The summed E-state index contributed by atoms with van der Waals surface area (Å²) in [5.74, 6) is 0.523. The van der Waals surface area contributed by atoms with Crippen LogP contribution < -0.4 is 21.6 Å². The van der Waals surface area contributed by atoms with E-state index in [-0.39, 0.29) is 17.2 Å². The van der Waals surface area contributed by atoms with Crippen molar-refractivity contribution in [2.45, 2.75) is 50.1 Å². The Morgan fingerprint density at radius 1 is 1.25 bits per heavy atom. The van der Waals surface area contributed by atoms with Gasteiger partial charge in [-0.25, -0.2) is 9.18 Å². The molecule has 2 aromatic heterocycles. The zero-order chi connectivity index (χ0) is 22.0. The summed E-state index contributed by atoms with van der Waals surface area (Å²) in [5, 5.41) is 13.7. The van der Waals surface area contributed by atoms with E-state index in [1.165, 1.54) is 30.2 Å². The lowest BCUT2D eigenvalue weighted by molar-refractivity contribution is 0.460. The van der Waals surface area contributed by atoms with E-state index in [0.29, 0.717) is 28.9 Å². The number of nitrogens with two attached hydrogens (primary N) is 1. The van der Waals surface area contributed by atoms with Crippen molar-refractivity contribution < 1.29 is 4.39 Å². The van der Waals surface area contributed by atoms with Gasteiger partial charge in [-0.1, -0.05) is 6.07 Å². The summed E-state index contributed by atoms with van der Waals surface area (Å²) in [7, 11) is 0. The van der Waals surface area contributed by atoms with Crippen molar-refractivity contribution in [2.75, 3.05) is 23.7 Å². The largest absolute Gasteiger partial charge is 0.389 e. The van der Waals surface area contributed by atoms with Gasteiger partial charge in [0, 0.05) is 46.5 Å². The van der Waals surface area contributed by atoms with Crippen LogP contribution in [0.15, 0.2) is 16.9 Å². The number of nitrogens with one attached hydrogen (secondary N) is 2. The minimum Gasteiger partial charge on any atom is -0.389 e. The maximum absolute atomic E-state index is 14.5. The highest BCUT2D eigenvalue weighted by Crippen LogP contribution is 2.43. The van der Waals surface area contributed by atoms with Gasteiger partial charge in [-0.2, -0.15) is 10.2 Å². The number of nitriles is 1. The number of aromatic nitrogens is 2. The van der Waals surface area contributed by atoms with Gasteiger partial charge >= 0.3 is 5.69 Å². The third-order valence-corrected chi connectivity index (χ3v) is 8.27. The number of benzene rings is 1. The van der Waals surface area contributed by atoms with Crippen LogP contribution in [-0.2, 0) is 12.8 Å². The zero-order valence-electron chi connectivity index (χ0n) is 17.4. The summed E-state index contributed by atoms with van der Waals surface area (Å²) in [6.45, 7) is 1.76. The maximum atomic E-state index is 14.5. The van der Waals surface area contributed by atoms with Gasteiger partial charge in [-0.3, -0.25) is 0 Å². The molecule has 7 nitrogen and oxygen atoms in total. The number of aromatic amines is 1. The van der Waals surface area contributed by atoms with Gasteiger partial charge in [0.15, 0.2) is 0 Å². The van der Waals surface area contributed by atoms with Crippen LogP contribution in [0.3, 0.4) is 0 Å². The number of hydrogen-bond acceptors (Lipinski definition) is 7. The summed E-state index contributed by atoms with van der Waals surface area (Å²) < 4.78 is 15.3. The molecule has 1 aromatic carbocycles. The average molecular weight is 451 g/mol. The van der Waals surface area contributed by atoms with E-state index in [9.17, 15) is 14.4 Å². The van der Waals surface area contributed by atoms with Crippen molar-refractivity contribution >= 4 is 32.2 Å². The molecule has 3 unspecified atom stereocenters. The molecule has 3 atom stereocenters. The lowest BCUT2D eigenvalue weighted by Crippen LogP contribution is -2.52. The fourth-order valence-corrected chi connectivity index (χ4v) is 6.89. The molecular formula is C23H23FN6OS. The van der Waals surface area contributed by atoms with Crippen molar-refractivity contribution in [3.05, 3.63) is 50.8 Å². The van der Waals surface area contributed by atoms with Crippen LogP contribution in [0, 0.1) is 17.1 Å². The Kier molecular flexibility index (Phi) is 4.49. The van der Waals surface area contributed by atoms with Gasteiger partial charge in [0.2, 0.25) is 0 Å². The Labute approximate surface area is 188 Å². The first-order chi connectivity index (χ1) is 15.5. The standard InChI is InChI=1S/C23H23FN6OS/c24-17-6-5-14(20-19(17)16(8-25)21(26)32-20)11-1-4-15-18(7-11)28-23(31)29-22(15)30-9-12-2-3-13(10-30)27-12/h5-6,11-13,27H,1-4,7,9-10,26H2,(H,28,29,31). The average Bonchev–Trinajstić information content (AvgIpc) is 3.30. The Bertz CT molecular complexity index is 1330. The molecule has 1 aliphatic carbocycles. The summed E-state index contributed by atoms with van der Waals surface area (Å²) in [5.41, 5.74) is 8.96. The molecule has 6 rings (SSSR count). The highest BCUT2D eigenvalue weighted by molar-refractivity contribution is 7.23. The van der Waals surface area contributed by atoms with E-state index in [1.54, 1.807) is 6.07 Å². The van der Waals surface area contributed by atoms with Gasteiger partial charge in [-0.15, -0.1) is 11.3 Å². The molecule has 164 valence electrons. The van der Waals surface area contributed by atoms with Gasteiger partial charge < -0.3 is 20.9 Å². The number of piperazine rings is 1. The Hall–Kier alpha value is -2.96. The molecular weight excluding hydrogens is 427 g/mol. The summed E-state index contributed by atoms with van der Waals surface area (Å²) >= 11 is 1.27. The molecule has 4 N–H and O–H groups in total. The molecule has 2 saturated heterocycles. The number of anilines is 2. The predicted molar refractivity (Wildman–Crippen MR) is 123 cm³/mol. The predicted octanol–water partition coefficient (Wildman–Crippen LogP) is 2.79. The molecule has 2 aliphatic heterocycles. The molecule has 3 aliphatic rings. The van der Waals surface area contributed by atoms with Crippen LogP contribution in [0.25, 0.3) is 10.1 Å². The third-order valence-electron chi connectivity index (χ3n) is 7.21. The Morgan fingerprint density at radius 3 is 2.78 bits per heavy atom. The number of halogens is 1. The van der Waals surface area contributed by atoms with E-state index in [2.05, 4.69) is 20.2 Å². The second-order valence-corrected chi connectivity index (χ2v) is 10.2. The highest BCUT2D eigenvalue weighted by atomic mass is 32.1. The molecule has 0 radical (unpaired) electrons. The minimum absolute atomic E-state index is 0.111. The normalized spacial score (nSPS) is 24.5. The van der Waals surface area contributed by atoms with Crippen molar-refractivity contribution in [1.82, 2.24) is 15.3 Å². The van der Waals surface area contributed by atoms with Gasteiger partial charge in [0.05, 0.1) is 5.56 Å². The van der Waals surface area contributed by atoms with Crippen LogP contribution in [-0.4, -0.2) is 35.1 Å². The minimum atomic E-state index is -0.419. The Balaban J connectivity index is 1.38. The quantitative estimate of drug-likeness (QED) is 0.554. The van der Waals surface area contributed by atoms with Crippen molar-refractivity contribution in [1.29, 1.82) is 5.26 Å². The molecule has 2 fully saturated rings. The van der Waals surface area contributed by atoms with E-state index in [1.807, 2.05) is 6.07 Å². The van der Waals surface area contributed by atoms with E-state index in [4.69, 9.17) is 5.73 Å². The number of thiophene rings is 1. The highest BCUT2D eigenvalue weighted by Gasteiger charge is 2.35. The molecule has 3 aromatic rings. The summed E-state index contributed by atoms with van der Waals surface area (Å²) in [6, 6.07) is 6.21. The maximum Gasteiger partial charge on any atom is 0.347 e. The molecule has 0 spiro atoms. The van der Waals surface area contributed by atoms with Gasteiger partial charge in [0.25, 0.3) is 0 Å². The molecule has 2 bridgehead atoms. The topological polar surface area (TPSA) is 111 Å². The SMILES string of the molecule is N#Cc1c(N)sc2c(C3CCc4c(N5CC6CCC(C5)N6)nc(=O)[nH]c4C3)ccc(F)c12. The van der Waals surface area contributed by atoms with Gasteiger partial charge in [0.1, 0.15) is 22.7 Å². The van der Waals surface area contributed by atoms with Crippen molar-refractivity contribution in [3.63, 3.8) is 0 Å². The van der Waals surface area contributed by atoms with Gasteiger partial charge in [-0.05, 0) is 49.7 Å². The van der Waals surface area contributed by atoms with Crippen LogP contribution >= 0.6 is 11.3 Å². The lowest BCUT2D eigenvalue weighted by atomic mass is 9.82. The Morgan fingerprint density at radius 2 is 2.03 bits per heavy atom. The van der Waals surface area contributed by atoms with E-state index < -0.39 is 5.82 Å². The van der Waals surface area contributed by atoms with E-state index >= 15 is 0 Å². The first kappa shape index (κ1) is 19.7. The summed E-state index contributed by atoms with van der Waals surface area (Å²) in [4.78, 5) is 22.1.